The normalized spacial score (nSPS) is 62.5. The number of hydrogen-bond acceptors (Lipinski definition) is 2. The van der Waals surface area contributed by atoms with Crippen molar-refractivity contribution in [1.29, 1.82) is 0 Å². The molecule has 2 N–H and O–H groups in total. The van der Waals surface area contributed by atoms with Crippen molar-refractivity contribution in [3.05, 3.63) is 0 Å². The van der Waals surface area contributed by atoms with E-state index in [9.17, 15) is 10.2 Å². The minimum absolute atomic E-state index is 0.203. The van der Waals surface area contributed by atoms with Gasteiger partial charge in [-0.3, -0.25) is 0 Å². The van der Waals surface area contributed by atoms with Crippen LogP contribution >= 0.6 is 0 Å². The molecule has 2 nitrogen and oxygen atoms in total. The van der Waals surface area contributed by atoms with Gasteiger partial charge in [0.1, 0.15) is 0 Å². The van der Waals surface area contributed by atoms with Gasteiger partial charge in [0, 0.05) is 5.92 Å². The van der Waals surface area contributed by atoms with Gasteiger partial charge in [-0.25, -0.2) is 0 Å². The molecule has 2 heteroatoms. The van der Waals surface area contributed by atoms with Crippen LogP contribution in [-0.4, -0.2) is 21.9 Å². The molecule has 68 valence electrons. The van der Waals surface area contributed by atoms with Crippen LogP contribution in [0.1, 0.15) is 32.1 Å². The predicted molar refractivity (Wildman–Crippen MR) is 44.5 cm³/mol. The molecule has 5 atom stereocenters. The average Bonchev–Trinajstić information content (AvgIpc) is 2.63. The molecule has 3 aliphatic rings. The van der Waals surface area contributed by atoms with E-state index in [2.05, 4.69) is 0 Å². The van der Waals surface area contributed by atoms with Crippen molar-refractivity contribution in [2.45, 2.75) is 43.8 Å². The molecule has 0 heterocycles. The van der Waals surface area contributed by atoms with E-state index in [0.29, 0.717) is 11.8 Å². The minimum atomic E-state index is -0.456. The quantitative estimate of drug-likeness (QED) is 0.564. The van der Waals surface area contributed by atoms with E-state index in [-0.39, 0.29) is 12.0 Å². The van der Waals surface area contributed by atoms with Gasteiger partial charge in [0.05, 0.1) is 11.7 Å². The van der Waals surface area contributed by atoms with Crippen molar-refractivity contribution in [2.24, 2.45) is 17.8 Å². The molecule has 0 aromatic rings. The van der Waals surface area contributed by atoms with Gasteiger partial charge in [-0.2, -0.15) is 0 Å². The van der Waals surface area contributed by atoms with Gasteiger partial charge in [-0.05, 0) is 43.9 Å². The standard InChI is InChI=1S/C10H16O2/c11-8-3-4-10(12)7-2-1-6(5-7)9(8)10/h6-9,11-12H,1-5H2. The van der Waals surface area contributed by atoms with Gasteiger partial charge in [0.25, 0.3) is 0 Å². The third-order valence-electron chi connectivity index (χ3n) is 4.52. The molecular formula is C10H16O2. The van der Waals surface area contributed by atoms with Gasteiger partial charge < -0.3 is 10.2 Å². The molecule has 0 spiro atoms. The first kappa shape index (κ1) is 7.34. The topological polar surface area (TPSA) is 40.5 Å². The molecule has 0 saturated heterocycles. The van der Waals surface area contributed by atoms with Crippen molar-refractivity contribution < 1.29 is 10.2 Å². The number of aliphatic hydroxyl groups excluding tert-OH is 1. The van der Waals surface area contributed by atoms with E-state index in [0.717, 1.165) is 12.8 Å². The van der Waals surface area contributed by atoms with Gasteiger partial charge in [-0.1, -0.05) is 0 Å². The van der Waals surface area contributed by atoms with Gasteiger partial charge in [0.2, 0.25) is 0 Å². The van der Waals surface area contributed by atoms with Gasteiger partial charge in [-0.15, -0.1) is 0 Å². The highest BCUT2D eigenvalue weighted by Crippen LogP contribution is 2.60. The molecule has 2 bridgehead atoms. The lowest BCUT2D eigenvalue weighted by atomic mass is 9.77. The average molecular weight is 168 g/mol. The first-order chi connectivity index (χ1) is 5.72. The van der Waals surface area contributed by atoms with Crippen molar-refractivity contribution >= 4 is 0 Å². The summed E-state index contributed by atoms with van der Waals surface area (Å²) in [4.78, 5) is 0. The van der Waals surface area contributed by atoms with Crippen LogP contribution in [0, 0.1) is 17.8 Å². The minimum Gasteiger partial charge on any atom is -0.393 e. The highest BCUT2D eigenvalue weighted by molar-refractivity contribution is 5.12. The maximum atomic E-state index is 10.3. The maximum Gasteiger partial charge on any atom is 0.0732 e. The highest BCUT2D eigenvalue weighted by Gasteiger charge is 2.62. The Labute approximate surface area is 72.6 Å². The number of rotatable bonds is 0. The third kappa shape index (κ3) is 0.647. The Morgan fingerprint density at radius 2 is 2.00 bits per heavy atom. The fourth-order valence-electron chi connectivity index (χ4n) is 4.05. The van der Waals surface area contributed by atoms with Crippen LogP contribution in [0.15, 0.2) is 0 Å². The summed E-state index contributed by atoms with van der Waals surface area (Å²) in [5.41, 5.74) is -0.456. The smallest absolute Gasteiger partial charge is 0.0732 e. The number of aliphatic hydroxyl groups is 2. The molecule has 5 unspecified atom stereocenters. The Morgan fingerprint density at radius 3 is 2.75 bits per heavy atom. The van der Waals surface area contributed by atoms with Crippen molar-refractivity contribution in [3.8, 4) is 0 Å². The molecule has 0 aromatic heterocycles. The second-order valence-electron chi connectivity index (χ2n) is 4.89. The zero-order chi connectivity index (χ0) is 8.34. The lowest BCUT2D eigenvalue weighted by Crippen LogP contribution is -2.42. The summed E-state index contributed by atoms with van der Waals surface area (Å²) in [5.74, 6) is 1.39. The molecule has 3 fully saturated rings. The first-order valence-corrected chi connectivity index (χ1v) is 5.12. The van der Waals surface area contributed by atoms with E-state index >= 15 is 0 Å². The molecule has 3 aliphatic carbocycles. The summed E-state index contributed by atoms with van der Waals surface area (Å²) in [5, 5.41) is 20.1. The summed E-state index contributed by atoms with van der Waals surface area (Å²) < 4.78 is 0. The highest BCUT2D eigenvalue weighted by atomic mass is 16.3. The van der Waals surface area contributed by atoms with Gasteiger partial charge >= 0.3 is 0 Å². The van der Waals surface area contributed by atoms with Crippen LogP contribution in [0.3, 0.4) is 0 Å². The predicted octanol–water partition coefficient (Wildman–Crippen LogP) is 0.918. The van der Waals surface area contributed by atoms with Crippen LogP contribution in [0.5, 0.6) is 0 Å². The molecular weight excluding hydrogens is 152 g/mol. The van der Waals surface area contributed by atoms with Crippen LogP contribution in [-0.2, 0) is 0 Å². The van der Waals surface area contributed by atoms with Crippen LogP contribution in [0.4, 0.5) is 0 Å². The molecule has 0 aromatic carbocycles. The maximum absolute atomic E-state index is 10.3. The lowest BCUT2D eigenvalue weighted by Gasteiger charge is -2.35. The SMILES string of the molecule is OC1CCC2(O)C3CCC(C3)C12. The number of fused-ring (bicyclic) bond motifs is 5. The Balaban J connectivity index is 1.99. The van der Waals surface area contributed by atoms with E-state index < -0.39 is 5.60 Å². The summed E-state index contributed by atoms with van der Waals surface area (Å²) in [6.45, 7) is 0. The lowest BCUT2D eigenvalue weighted by molar-refractivity contribution is -0.0629. The molecule has 0 aliphatic heterocycles. The molecule has 3 rings (SSSR count). The van der Waals surface area contributed by atoms with Crippen molar-refractivity contribution in [3.63, 3.8) is 0 Å². The first-order valence-electron chi connectivity index (χ1n) is 5.12. The summed E-state index contributed by atoms with van der Waals surface area (Å²) in [7, 11) is 0. The second kappa shape index (κ2) is 2.05. The Bertz CT molecular complexity index is 216. The van der Waals surface area contributed by atoms with E-state index in [4.69, 9.17) is 0 Å². The molecule has 0 radical (unpaired) electrons. The van der Waals surface area contributed by atoms with Crippen molar-refractivity contribution in [2.75, 3.05) is 0 Å². The second-order valence-corrected chi connectivity index (χ2v) is 4.89. The van der Waals surface area contributed by atoms with Crippen LogP contribution < -0.4 is 0 Å². The van der Waals surface area contributed by atoms with E-state index in [1.165, 1.54) is 19.3 Å². The summed E-state index contributed by atoms with van der Waals surface area (Å²) in [6.07, 6.45) is 5.09. The largest absolute Gasteiger partial charge is 0.393 e. The Kier molecular flexibility index (Phi) is 1.25. The fraction of sp³-hybridized carbons (Fsp3) is 1.00. The summed E-state index contributed by atoms with van der Waals surface area (Å²) >= 11 is 0. The third-order valence-corrected chi connectivity index (χ3v) is 4.52. The van der Waals surface area contributed by atoms with E-state index in [1.54, 1.807) is 0 Å². The van der Waals surface area contributed by atoms with Gasteiger partial charge in [0.15, 0.2) is 0 Å². The zero-order valence-electron chi connectivity index (χ0n) is 7.24. The zero-order valence-corrected chi connectivity index (χ0v) is 7.24. The molecule has 3 saturated carbocycles. The van der Waals surface area contributed by atoms with Crippen molar-refractivity contribution in [1.82, 2.24) is 0 Å². The van der Waals surface area contributed by atoms with Crippen LogP contribution in [0.2, 0.25) is 0 Å². The Morgan fingerprint density at radius 1 is 1.17 bits per heavy atom. The van der Waals surface area contributed by atoms with E-state index in [1.807, 2.05) is 0 Å². The summed E-state index contributed by atoms with van der Waals surface area (Å²) in [6, 6.07) is 0. The van der Waals surface area contributed by atoms with Crippen LogP contribution in [0.25, 0.3) is 0 Å². The fourth-order valence-corrected chi connectivity index (χ4v) is 4.05. The molecule has 12 heavy (non-hydrogen) atoms. The molecule has 0 amide bonds. The number of hydrogen-bond donors (Lipinski definition) is 2. The Hall–Kier alpha value is -0.0800. The monoisotopic (exact) mass is 168 g/mol.